The zero-order valence-corrected chi connectivity index (χ0v) is 16.3. The maximum absolute atomic E-state index is 9.38. The van der Waals surface area contributed by atoms with E-state index in [1.54, 1.807) is 6.20 Å². The standard InChI is InChI=1S/C21H31N5O2/c27-12-9-14-4-1-6-16(14)23-20-21(24-17-7-2-5-15(17)10-13-28)26-19-18(25-20)8-3-11-22-19/h3,8,11,14-17,27-28H,1-2,4-7,9-10,12-13H2,(H,23,25)(H,22,24,26). The highest BCUT2D eigenvalue weighted by molar-refractivity contribution is 5.77. The zero-order chi connectivity index (χ0) is 19.3. The van der Waals surface area contributed by atoms with Crippen molar-refractivity contribution in [2.75, 3.05) is 23.8 Å². The third-order valence-electron chi connectivity index (χ3n) is 6.40. The average Bonchev–Trinajstić information content (AvgIpc) is 3.33. The Morgan fingerprint density at radius 1 is 0.857 bits per heavy atom. The number of anilines is 2. The van der Waals surface area contributed by atoms with Crippen LogP contribution in [0.5, 0.6) is 0 Å². The molecule has 7 nitrogen and oxygen atoms in total. The Morgan fingerprint density at radius 3 is 2.07 bits per heavy atom. The maximum Gasteiger partial charge on any atom is 0.180 e. The van der Waals surface area contributed by atoms with Gasteiger partial charge in [-0.1, -0.05) is 12.8 Å². The Bertz CT molecular complexity index is 722. The Labute approximate surface area is 166 Å². The summed E-state index contributed by atoms with van der Waals surface area (Å²) in [7, 11) is 0. The van der Waals surface area contributed by atoms with Gasteiger partial charge >= 0.3 is 0 Å². The molecule has 2 saturated carbocycles. The number of hydrogen-bond acceptors (Lipinski definition) is 7. The van der Waals surface area contributed by atoms with Crippen LogP contribution < -0.4 is 10.6 Å². The molecule has 28 heavy (non-hydrogen) atoms. The molecular formula is C21H31N5O2. The smallest absolute Gasteiger partial charge is 0.180 e. The molecule has 2 aromatic heterocycles. The van der Waals surface area contributed by atoms with Gasteiger partial charge in [0.05, 0.1) is 0 Å². The van der Waals surface area contributed by atoms with Gasteiger partial charge in [-0.25, -0.2) is 15.0 Å². The second kappa shape index (κ2) is 9.01. The number of nitrogens with zero attached hydrogens (tertiary/aromatic N) is 3. The number of hydrogen-bond donors (Lipinski definition) is 4. The summed E-state index contributed by atoms with van der Waals surface area (Å²) in [6.45, 7) is 0.454. The van der Waals surface area contributed by atoms with Crippen LogP contribution in [0.15, 0.2) is 18.3 Å². The van der Waals surface area contributed by atoms with E-state index in [1.807, 2.05) is 12.1 Å². The van der Waals surface area contributed by atoms with E-state index >= 15 is 0 Å². The Balaban J connectivity index is 1.61. The number of fused-ring (bicyclic) bond motifs is 1. The number of aromatic nitrogens is 3. The number of pyridine rings is 1. The van der Waals surface area contributed by atoms with E-state index in [0.717, 1.165) is 55.7 Å². The van der Waals surface area contributed by atoms with Crippen molar-refractivity contribution in [2.45, 2.75) is 63.5 Å². The molecule has 4 atom stereocenters. The first kappa shape index (κ1) is 19.3. The van der Waals surface area contributed by atoms with Gasteiger partial charge in [0, 0.05) is 31.5 Å². The van der Waals surface area contributed by atoms with E-state index in [1.165, 1.54) is 12.8 Å². The molecule has 7 heteroatoms. The second-order valence-electron chi connectivity index (χ2n) is 8.18. The molecular weight excluding hydrogens is 354 g/mol. The summed E-state index contributed by atoms with van der Waals surface area (Å²) in [6, 6.07) is 4.44. The molecule has 0 spiro atoms. The van der Waals surface area contributed by atoms with Crippen LogP contribution >= 0.6 is 0 Å². The van der Waals surface area contributed by atoms with Crippen LogP contribution in [0.2, 0.25) is 0 Å². The number of rotatable bonds is 8. The lowest BCUT2D eigenvalue weighted by atomic mass is 9.99. The van der Waals surface area contributed by atoms with Crippen molar-refractivity contribution >= 4 is 22.8 Å². The molecule has 0 aromatic carbocycles. The summed E-state index contributed by atoms with van der Waals surface area (Å²) in [5, 5.41) is 26.0. The monoisotopic (exact) mass is 385 g/mol. The van der Waals surface area contributed by atoms with Crippen LogP contribution in [0.3, 0.4) is 0 Å². The Kier molecular flexibility index (Phi) is 6.22. The zero-order valence-electron chi connectivity index (χ0n) is 16.3. The highest BCUT2D eigenvalue weighted by Crippen LogP contribution is 2.35. The lowest BCUT2D eigenvalue weighted by Gasteiger charge is -2.25. The van der Waals surface area contributed by atoms with Crippen molar-refractivity contribution in [1.29, 1.82) is 0 Å². The summed E-state index contributed by atoms with van der Waals surface area (Å²) in [5.74, 6) is 2.48. The maximum atomic E-state index is 9.38. The normalized spacial score (nSPS) is 27.4. The number of aliphatic hydroxyl groups excluding tert-OH is 2. The Morgan fingerprint density at radius 2 is 1.46 bits per heavy atom. The predicted octanol–water partition coefficient (Wildman–Crippen LogP) is 2.95. The minimum atomic E-state index is 0.226. The molecule has 0 bridgehead atoms. The second-order valence-corrected chi connectivity index (χ2v) is 8.18. The van der Waals surface area contributed by atoms with Crippen LogP contribution in [-0.4, -0.2) is 50.5 Å². The molecule has 0 saturated heterocycles. The van der Waals surface area contributed by atoms with Gasteiger partial charge in [0.2, 0.25) is 0 Å². The van der Waals surface area contributed by atoms with Crippen molar-refractivity contribution in [3.05, 3.63) is 18.3 Å². The first-order valence-corrected chi connectivity index (χ1v) is 10.7. The Hall–Kier alpha value is -1.99. The molecule has 4 N–H and O–H groups in total. The summed E-state index contributed by atoms with van der Waals surface area (Å²) in [4.78, 5) is 14.0. The van der Waals surface area contributed by atoms with Gasteiger partial charge in [-0.2, -0.15) is 0 Å². The number of nitrogens with one attached hydrogen (secondary N) is 2. The summed E-state index contributed by atoms with van der Waals surface area (Å²) in [6.07, 6.45) is 10.2. The molecule has 2 fully saturated rings. The fourth-order valence-electron chi connectivity index (χ4n) is 4.92. The van der Waals surface area contributed by atoms with Crippen molar-refractivity contribution in [2.24, 2.45) is 11.8 Å². The van der Waals surface area contributed by atoms with E-state index in [9.17, 15) is 10.2 Å². The molecule has 2 aromatic rings. The van der Waals surface area contributed by atoms with Crippen LogP contribution in [0.4, 0.5) is 11.6 Å². The van der Waals surface area contributed by atoms with Gasteiger partial charge in [-0.3, -0.25) is 0 Å². The molecule has 4 rings (SSSR count). The summed E-state index contributed by atoms with van der Waals surface area (Å²) >= 11 is 0. The van der Waals surface area contributed by atoms with Gasteiger partial charge in [-0.15, -0.1) is 0 Å². The lowest BCUT2D eigenvalue weighted by molar-refractivity contribution is 0.253. The van der Waals surface area contributed by atoms with E-state index in [4.69, 9.17) is 9.97 Å². The summed E-state index contributed by atoms with van der Waals surface area (Å²) < 4.78 is 0. The van der Waals surface area contributed by atoms with Crippen molar-refractivity contribution in [1.82, 2.24) is 15.0 Å². The lowest BCUT2D eigenvalue weighted by Crippen LogP contribution is -2.29. The van der Waals surface area contributed by atoms with Gasteiger partial charge in [0.25, 0.3) is 0 Å². The molecule has 0 radical (unpaired) electrons. The van der Waals surface area contributed by atoms with Gasteiger partial charge in [0.15, 0.2) is 17.3 Å². The highest BCUT2D eigenvalue weighted by Gasteiger charge is 2.30. The highest BCUT2D eigenvalue weighted by atomic mass is 16.3. The van der Waals surface area contributed by atoms with Gasteiger partial charge < -0.3 is 20.8 Å². The van der Waals surface area contributed by atoms with Gasteiger partial charge in [-0.05, 0) is 62.5 Å². The fourth-order valence-corrected chi connectivity index (χ4v) is 4.92. The molecule has 2 heterocycles. The quantitative estimate of drug-likeness (QED) is 0.554. The van der Waals surface area contributed by atoms with Crippen LogP contribution in [0.25, 0.3) is 11.2 Å². The molecule has 152 valence electrons. The third kappa shape index (κ3) is 4.20. The van der Waals surface area contributed by atoms with Crippen LogP contribution in [0.1, 0.15) is 51.4 Å². The van der Waals surface area contributed by atoms with E-state index < -0.39 is 0 Å². The van der Waals surface area contributed by atoms with E-state index in [-0.39, 0.29) is 13.2 Å². The number of aliphatic hydroxyl groups is 2. The first-order valence-electron chi connectivity index (χ1n) is 10.7. The SMILES string of the molecule is OCCC1CCCC1Nc1nc2cccnc2nc1NC1CCCC1CCO. The first-order chi connectivity index (χ1) is 13.8. The molecule has 4 unspecified atom stereocenters. The average molecular weight is 386 g/mol. The molecule has 2 aliphatic rings. The third-order valence-corrected chi connectivity index (χ3v) is 6.40. The van der Waals surface area contributed by atoms with Crippen LogP contribution in [0, 0.1) is 11.8 Å². The minimum absolute atomic E-state index is 0.226. The fraction of sp³-hybridized carbons (Fsp3) is 0.667. The van der Waals surface area contributed by atoms with Crippen molar-refractivity contribution in [3.63, 3.8) is 0 Å². The summed E-state index contributed by atoms with van der Waals surface area (Å²) in [5.41, 5.74) is 1.43. The molecule has 0 amide bonds. The van der Waals surface area contributed by atoms with Crippen LogP contribution in [-0.2, 0) is 0 Å². The minimum Gasteiger partial charge on any atom is -0.396 e. The van der Waals surface area contributed by atoms with E-state index in [2.05, 4.69) is 15.6 Å². The largest absolute Gasteiger partial charge is 0.396 e. The molecule has 0 aliphatic heterocycles. The predicted molar refractivity (Wildman–Crippen MR) is 110 cm³/mol. The van der Waals surface area contributed by atoms with Gasteiger partial charge in [0.1, 0.15) is 5.52 Å². The topological polar surface area (TPSA) is 103 Å². The molecule has 2 aliphatic carbocycles. The van der Waals surface area contributed by atoms with Crippen molar-refractivity contribution in [3.8, 4) is 0 Å². The van der Waals surface area contributed by atoms with Crippen molar-refractivity contribution < 1.29 is 10.2 Å². The van der Waals surface area contributed by atoms with E-state index in [0.29, 0.717) is 29.6 Å².